The van der Waals surface area contributed by atoms with Crippen LogP contribution in [0, 0.1) is 5.92 Å². The normalized spacial score (nSPS) is 26.8. The number of aliphatic hydroxyl groups is 1. The average Bonchev–Trinajstić information content (AvgIpc) is 3.54. The maximum atomic E-state index is 13.2. The predicted octanol–water partition coefficient (Wildman–Crippen LogP) is 4.67. The fraction of sp³-hybridized carbons (Fsp3) is 0.538. The van der Waals surface area contributed by atoms with E-state index >= 15 is 0 Å². The first kappa shape index (κ1) is 21.3. The second-order valence-corrected chi connectivity index (χ2v) is 11.1. The molecule has 33 heavy (non-hydrogen) atoms. The average molecular weight is 466 g/mol. The summed E-state index contributed by atoms with van der Waals surface area (Å²) in [7, 11) is 2.24. The molecule has 2 saturated heterocycles. The van der Waals surface area contributed by atoms with Crippen LogP contribution in [0.3, 0.4) is 0 Å². The summed E-state index contributed by atoms with van der Waals surface area (Å²) in [5.74, 6) is 1.15. The molecule has 2 unspecified atom stereocenters. The van der Waals surface area contributed by atoms with Gasteiger partial charge in [0.25, 0.3) is 5.56 Å². The maximum absolute atomic E-state index is 13.2. The zero-order valence-corrected chi connectivity index (χ0v) is 19.8. The number of rotatable bonds is 5. The number of benzene rings is 1. The van der Waals surface area contributed by atoms with Crippen molar-refractivity contribution in [1.29, 1.82) is 0 Å². The number of hydrogen-bond acceptors (Lipinski definition) is 6. The number of ether oxygens (including phenoxy) is 1. The summed E-state index contributed by atoms with van der Waals surface area (Å²) in [6.07, 6.45) is 10.6. The van der Waals surface area contributed by atoms with Crippen molar-refractivity contribution in [2.24, 2.45) is 5.92 Å². The summed E-state index contributed by atoms with van der Waals surface area (Å²) in [4.78, 5) is 21.1. The van der Waals surface area contributed by atoms with E-state index in [4.69, 9.17) is 4.74 Å². The van der Waals surface area contributed by atoms with E-state index in [9.17, 15) is 9.90 Å². The topological polar surface area (TPSA) is 67.6 Å². The Morgan fingerprint density at radius 2 is 1.79 bits per heavy atom. The van der Waals surface area contributed by atoms with Gasteiger partial charge in [0.2, 0.25) is 0 Å². The molecule has 3 fully saturated rings. The lowest BCUT2D eigenvalue weighted by Crippen LogP contribution is -2.43. The van der Waals surface area contributed by atoms with Crippen molar-refractivity contribution in [2.75, 3.05) is 7.05 Å². The third kappa shape index (κ3) is 3.90. The number of thiophene rings is 1. The zero-order valence-electron chi connectivity index (χ0n) is 19.0. The Balaban J connectivity index is 1.21. The molecule has 0 spiro atoms. The predicted molar refractivity (Wildman–Crippen MR) is 130 cm³/mol. The lowest BCUT2D eigenvalue weighted by Gasteiger charge is -2.36. The van der Waals surface area contributed by atoms with Crippen LogP contribution in [0.2, 0.25) is 0 Å². The highest BCUT2D eigenvalue weighted by Crippen LogP contribution is 2.39. The molecule has 1 aliphatic carbocycles. The highest BCUT2D eigenvalue weighted by molar-refractivity contribution is 7.19. The minimum atomic E-state index is -0.495. The molecule has 2 bridgehead atoms. The van der Waals surface area contributed by atoms with Crippen molar-refractivity contribution in [1.82, 2.24) is 14.5 Å². The molecule has 6 nitrogen and oxygen atoms in total. The van der Waals surface area contributed by atoms with Gasteiger partial charge in [-0.2, -0.15) is 0 Å². The minimum Gasteiger partial charge on any atom is -0.490 e. The van der Waals surface area contributed by atoms with Crippen LogP contribution in [0.4, 0.5) is 0 Å². The van der Waals surface area contributed by atoms with Crippen LogP contribution in [0.5, 0.6) is 5.75 Å². The van der Waals surface area contributed by atoms with Crippen LogP contribution >= 0.6 is 11.3 Å². The first-order chi connectivity index (χ1) is 16.1. The van der Waals surface area contributed by atoms with Gasteiger partial charge in [-0.15, -0.1) is 11.3 Å². The number of aromatic nitrogens is 2. The van der Waals surface area contributed by atoms with Crippen LogP contribution in [-0.2, 0) is 0 Å². The Labute approximate surface area is 197 Å². The summed E-state index contributed by atoms with van der Waals surface area (Å²) >= 11 is 1.39. The van der Waals surface area contributed by atoms with Crippen molar-refractivity contribution in [2.45, 2.75) is 75.7 Å². The van der Waals surface area contributed by atoms with Gasteiger partial charge in [-0.05, 0) is 81.8 Å². The largest absolute Gasteiger partial charge is 0.490 e. The fourth-order valence-corrected chi connectivity index (χ4v) is 7.22. The number of nitrogens with zero attached hydrogens (tertiary/aromatic N) is 3. The smallest absolute Gasteiger partial charge is 0.275 e. The molecule has 3 aromatic rings. The second kappa shape index (κ2) is 8.53. The van der Waals surface area contributed by atoms with E-state index in [1.807, 2.05) is 30.3 Å². The van der Waals surface area contributed by atoms with Gasteiger partial charge in [-0.3, -0.25) is 9.36 Å². The standard InChI is InChI=1S/C26H31N3O3S/c1-28-18-6-7-19(28)13-21(12-18)32-20-10-8-17(9-11-20)29-15-27-22-14-23(33-25(22)26(29)31)24(30)16-4-2-3-5-16/h8-11,14-16,18-19,21,24,30H,2-7,12-13H2,1H3/t18-,19+,21?,24?. The van der Waals surface area contributed by atoms with Crippen molar-refractivity contribution in [3.8, 4) is 11.4 Å². The first-order valence-corrected chi connectivity index (χ1v) is 13.1. The summed E-state index contributed by atoms with van der Waals surface area (Å²) in [5, 5.41) is 10.8. The Bertz CT molecular complexity index is 1180. The van der Waals surface area contributed by atoms with E-state index in [0.29, 0.717) is 28.2 Å². The number of aliphatic hydroxyl groups excluding tert-OH is 1. The van der Waals surface area contributed by atoms with E-state index in [2.05, 4.69) is 16.9 Å². The zero-order chi connectivity index (χ0) is 22.5. The molecule has 0 radical (unpaired) electrons. The summed E-state index contributed by atoms with van der Waals surface area (Å²) in [5.41, 5.74) is 1.36. The number of hydrogen-bond donors (Lipinski definition) is 1. The monoisotopic (exact) mass is 465 g/mol. The van der Waals surface area contributed by atoms with E-state index in [1.165, 1.54) is 37.0 Å². The Kier molecular flexibility index (Phi) is 5.51. The van der Waals surface area contributed by atoms with Gasteiger partial charge in [0, 0.05) is 17.0 Å². The van der Waals surface area contributed by atoms with Gasteiger partial charge in [-0.25, -0.2) is 4.98 Å². The molecule has 2 aromatic heterocycles. The highest BCUT2D eigenvalue weighted by atomic mass is 32.1. The molecular weight excluding hydrogens is 434 g/mol. The third-order valence-corrected chi connectivity index (χ3v) is 9.25. The van der Waals surface area contributed by atoms with Crippen LogP contribution in [0.15, 0.2) is 41.5 Å². The molecule has 3 aliphatic rings. The van der Waals surface area contributed by atoms with Gasteiger partial charge in [0.15, 0.2) is 0 Å². The van der Waals surface area contributed by atoms with Crippen LogP contribution in [0.25, 0.3) is 15.9 Å². The number of fused-ring (bicyclic) bond motifs is 3. The van der Waals surface area contributed by atoms with Gasteiger partial charge in [0.1, 0.15) is 22.9 Å². The minimum absolute atomic E-state index is 0.0876. The van der Waals surface area contributed by atoms with Crippen LogP contribution < -0.4 is 10.3 Å². The lowest BCUT2D eigenvalue weighted by atomic mass is 10.00. The van der Waals surface area contributed by atoms with E-state index in [-0.39, 0.29) is 11.7 Å². The molecule has 4 atom stereocenters. The maximum Gasteiger partial charge on any atom is 0.275 e. The molecule has 4 heterocycles. The van der Waals surface area contributed by atoms with Crippen molar-refractivity contribution < 1.29 is 9.84 Å². The molecule has 1 N–H and O–H groups in total. The van der Waals surface area contributed by atoms with E-state index in [1.54, 1.807) is 10.9 Å². The van der Waals surface area contributed by atoms with E-state index < -0.39 is 6.10 Å². The molecule has 174 valence electrons. The first-order valence-electron chi connectivity index (χ1n) is 12.2. The van der Waals surface area contributed by atoms with Gasteiger partial charge >= 0.3 is 0 Å². The summed E-state index contributed by atoms with van der Waals surface area (Å²) < 4.78 is 8.49. The van der Waals surface area contributed by atoms with Crippen molar-refractivity contribution in [3.63, 3.8) is 0 Å². The highest BCUT2D eigenvalue weighted by Gasteiger charge is 2.39. The molecule has 6 rings (SSSR count). The second-order valence-electron chi connectivity index (χ2n) is 10.0. The molecule has 1 saturated carbocycles. The molecule has 2 aliphatic heterocycles. The van der Waals surface area contributed by atoms with Gasteiger partial charge in [-0.1, -0.05) is 12.8 Å². The summed E-state index contributed by atoms with van der Waals surface area (Å²) in [6, 6.07) is 10.9. The van der Waals surface area contributed by atoms with Crippen molar-refractivity contribution >= 4 is 21.6 Å². The lowest BCUT2D eigenvalue weighted by molar-refractivity contribution is 0.0662. The quantitative estimate of drug-likeness (QED) is 0.593. The van der Waals surface area contributed by atoms with Gasteiger partial charge < -0.3 is 14.7 Å². The Morgan fingerprint density at radius 1 is 1.09 bits per heavy atom. The van der Waals surface area contributed by atoms with Gasteiger partial charge in [0.05, 0.1) is 17.3 Å². The van der Waals surface area contributed by atoms with Crippen LogP contribution in [0.1, 0.15) is 62.3 Å². The van der Waals surface area contributed by atoms with Crippen LogP contribution in [-0.4, -0.2) is 44.8 Å². The fourth-order valence-electron chi connectivity index (χ4n) is 6.10. The summed E-state index contributed by atoms with van der Waals surface area (Å²) in [6.45, 7) is 0. The number of piperidine rings is 1. The third-order valence-electron chi connectivity index (χ3n) is 8.07. The Hall–Kier alpha value is -2.22. The molecule has 7 heteroatoms. The van der Waals surface area contributed by atoms with E-state index in [0.717, 1.165) is 42.0 Å². The Morgan fingerprint density at radius 3 is 2.48 bits per heavy atom. The molecule has 0 amide bonds. The molecular formula is C26H31N3O3S. The molecule has 1 aromatic carbocycles. The SMILES string of the molecule is CN1[C@@H]2CC[C@H]1CC(Oc1ccc(-n3cnc4cc(C(O)C5CCCC5)sc4c3=O)cc1)C2. The van der Waals surface area contributed by atoms with Crippen molar-refractivity contribution in [3.05, 3.63) is 51.9 Å².